The highest BCUT2D eigenvalue weighted by Gasteiger charge is 2.44. The quantitative estimate of drug-likeness (QED) is 0.815. The number of amides is 1. The Morgan fingerprint density at radius 3 is 2.64 bits per heavy atom. The van der Waals surface area contributed by atoms with Gasteiger partial charge in [0.25, 0.3) is 0 Å². The maximum Gasteiger partial charge on any atom is 0.307 e. The van der Waals surface area contributed by atoms with Crippen molar-refractivity contribution in [3.63, 3.8) is 0 Å². The number of esters is 1. The number of aromatic nitrogens is 2. The fourth-order valence-electron chi connectivity index (χ4n) is 4.14. The van der Waals surface area contributed by atoms with E-state index < -0.39 is 17.6 Å². The number of hydrogen-bond donors (Lipinski definition) is 1. The van der Waals surface area contributed by atoms with E-state index in [1.165, 1.54) is 0 Å². The Labute approximate surface area is 163 Å². The second kappa shape index (κ2) is 7.39. The second-order valence-corrected chi connectivity index (χ2v) is 7.78. The molecule has 148 valence electrons. The summed E-state index contributed by atoms with van der Waals surface area (Å²) >= 11 is 0. The zero-order valence-corrected chi connectivity index (χ0v) is 16.0. The minimum absolute atomic E-state index is 0.0689. The first-order valence-corrected chi connectivity index (χ1v) is 9.68. The van der Waals surface area contributed by atoms with E-state index in [0.29, 0.717) is 32.5 Å². The minimum Gasteiger partial charge on any atom is -0.457 e. The predicted octanol–water partition coefficient (Wildman–Crippen LogP) is 1.85. The van der Waals surface area contributed by atoms with Crippen LogP contribution in [0.15, 0.2) is 42.7 Å². The van der Waals surface area contributed by atoms with Crippen molar-refractivity contribution in [2.75, 3.05) is 13.1 Å². The molecule has 3 heterocycles. The molecule has 2 aliphatic heterocycles. The van der Waals surface area contributed by atoms with Crippen LogP contribution in [0.25, 0.3) is 0 Å². The average molecular weight is 383 g/mol. The average Bonchev–Trinajstić information content (AvgIpc) is 3.28. The van der Waals surface area contributed by atoms with Crippen molar-refractivity contribution < 1.29 is 19.4 Å². The van der Waals surface area contributed by atoms with Gasteiger partial charge in [0.05, 0.1) is 24.5 Å². The fraction of sp³-hybridized carbons (Fsp3) is 0.476. The highest BCUT2D eigenvalue weighted by molar-refractivity contribution is 5.87. The number of aliphatic hydroxyl groups is 1. The van der Waals surface area contributed by atoms with Crippen LogP contribution in [0.1, 0.15) is 36.8 Å². The molecule has 0 aliphatic carbocycles. The first-order valence-electron chi connectivity index (χ1n) is 9.68. The number of benzene rings is 1. The van der Waals surface area contributed by atoms with Gasteiger partial charge in [-0.3, -0.25) is 9.59 Å². The maximum atomic E-state index is 13.1. The van der Waals surface area contributed by atoms with Crippen molar-refractivity contribution in [2.45, 2.75) is 44.4 Å². The van der Waals surface area contributed by atoms with E-state index in [1.54, 1.807) is 11.1 Å². The summed E-state index contributed by atoms with van der Waals surface area (Å²) in [6.07, 6.45) is 4.14. The van der Waals surface area contributed by atoms with E-state index in [9.17, 15) is 14.7 Å². The summed E-state index contributed by atoms with van der Waals surface area (Å²) in [6.45, 7) is 3.31. The molecular weight excluding hydrogens is 358 g/mol. The van der Waals surface area contributed by atoms with Gasteiger partial charge in [-0.25, -0.2) is 4.98 Å². The number of piperidine rings is 1. The molecule has 2 aliphatic rings. The highest BCUT2D eigenvalue weighted by Crippen LogP contribution is 2.37. The summed E-state index contributed by atoms with van der Waals surface area (Å²) in [6, 6.07) is 9.41. The molecule has 4 rings (SSSR count). The number of hydrogen-bond acceptors (Lipinski definition) is 5. The van der Waals surface area contributed by atoms with E-state index in [2.05, 4.69) is 4.98 Å². The fourth-order valence-corrected chi connectivity index (χ4v) is 4.14. The number of likely N-dealkylation sites (tertiary alicyclic amines) is 1. The van der Waals surface area contributed by atoms with Gasteiger partial charge in [0, 0.05) is 25.5 Å². The SMILES string of the molecule is Cc1nccn1CC1(O)CCN(C(=O)[C@@H]2CC(=O)O[C@@H]2c2ccccc2)CC1. The van der Waals surface area contributed by atoms with Crippen LogP contribution in [-0.4, -0.2) is 50.1 Å². The lowest BCUT2D eigenvalue weighted by Gasteiger charge is -2.39. The molecule has 7 heteroatoms. The van der Waals surface area contributed by atoms with Crippen LogP contribution in [-0.2, 0) is 20.9 Å². The molecule has 1 aromatic carbocycles. The third-order valence-corrected chi connectivity index (χ3v) is 5.85. The van der Waals surface area contributed by atoms with Gasteiger partial charge in [-0.15, -0.1) is 0 Å². The van der Waals surface area contributed by atoms with Crippen molar-refractivity contribution in [3.05, 3.63) is 54.1 Å². The van der Waals surface area contributed by atoms with E-state index >= 15 is 0 Å². The lowest BCUT2D eigenvalue weighted by molar-refractivity contribution is -0.143. The third kappa shape index (κ3) is 3.67. The van der Waals surface area contributed by atoms with Gasteiger partial charge in [0.15, 0.2) is 0 Å². The second-order valence-electron chi connectivity index (χ2n) is 7.78. The summed E-state index contributed by atoms with van der Waals surface area (Å²) in [7, 11) is 0. The molecule has 0 unspecified atom stereocenters. The molecule has 1 aromatic heterocycles. The third-order valence-electron chi connectivity index (χ3n) is 5.85. The molecule has 1 N–H and O–H groups in total. The van der Waals surface area contributed by atoms with E-state index in [1.807, 2.05) is 48.0 Å². The Hall–Kier alpha value is -2.67. The summed E-state index contributed by atoms with van der Waals surface area (Å²) in [4.78, 5) is 31.0. The molecule has 2 aromatic rings. The topological polar surface area (TPSA) is 84.7 Å². The Bertz CT molecular complexity index is 856. The van der Waals surface area contributed by atoms with Gasteiger partial charge in [0.1, 0.15) is 11.9 Å². The highest BCUT2D eigenvalue weighted by atomic mass is 16.6. The van der Waals surface area contributed by atoms with Gasteiger partial charge in [-0.2, -0.15) is 0 Å². The molecule has 2 saturated heterocycles. The Balaban J connectivity index is 1.42. The number of cyclic esters (lactones) is 1. The number of carbonyl (C=O) groups excluding carboxylic acids is 2. The Kier molecular flexibility index (Phi) is 4.93. The van der Waals surface area contributed by atoms with Crippen LogP contribution >= 0.6 is 0 Å². The number of carbonyl (C=O) groups is 2. The summed E-state index contributed by atoms with van der Waals surface area (Å²) < 4.78 is 7.39. The molecule has 2 atom stereocenters. The molecule has 0 spiro atoms. The monoisotopic (exact) mass is 383 g/mol. The van der Waals surface area contributed by atoms with Crippen LogP contribution in [0.3, 0.4) is 0 Å². The van der Waals surface area contributed by atoms with Gasteiger partial charge in [-0.1, -0.05) is 30.3 Å². The first-order chi connectivity index (χ1) is 13.5. The molecule has 1 amide bonds. The lowest BCUT2D eigenvalue weighted by atomic mass is 9.88. The van der Waals surface area contributed by atoms with Crippen LogP contribution in [0.4, 0.5) is 0 Å². The molecule has 0 saturated carbocycles. The van der Waals surface area contributed by atoms with Crippen LogP contribution in [0.5, 0.6) is 0 Å². The van der Waals surface area contributed by atoms with Gasteiger partial charge >= 0.3 is 5.97 Å². The number of aryl methyl sites for hydroxylation is 1. The number of imidazole rings is 1. The van der Waals surface area contributed by atoms with E-state index in [0.717, 1.165) is 11.4 Å². The summed E-state index contributed by atoms with van der Waals surface area (Å²) in [5.41, 5.74) is -0.0147. The van der Waals surface area contributed by atoms with Crippen LogP contribution < -0.4 is 0 Å². The van der Waals surface area contributed by atoms with Gasteiger partial charge in [-0.05, 0) is 25.3 Å². The minimum atomic E-state index is -0.858. The van der Waals surface area contributed by atoms with Crippen LogP contribution in [0, 0.1) is 12.8 Å². The number of nitrogens with zero attached hydrogens (tertiary/aromatic N) is 3. The van der Waals surface area contributed by atoms with Crippen molar-refractivity contribution in [2.24, 2.45) is 5.92 Å². The van der Waals surface area contributed by atoms with Crippen LogP contribution in [0.2, 0.25) is 0 Å². The standard InChI is InChI=1S/C21H25N3O4/c1-15-22-9-12-24(15)14-21(27)7-10-23(11-8-21)20(26)17-13-18(25)28-19(17)16-5-3-2-4-6-16/h2-6,9,12,17,19,27H,7-8,10-11,13-14H2,1H3/t17-,19-/m1/s1. The van der Waals surface area contributed by atoms with Crippen molar-refractivity contribution in [3.8, 4) is 0 Å². The molecule has 7 nitrogen and oxygen atoms in total. The van der Waals surface area contributed by atoms with Crippen molar-refractivity contribution >= 4 is 11.9 Å². The smallest absolute Gasteiger partial charge is 0.307 e. The maximum absolute atomic E-state index is 13.1. The zero-order valence-electron chi connectivity index (χ0n) is 16.0. The zero-order chi connectivity index (χ0) is 19.7. The number of rotatable bonds is 4. The van der Waals surface area contributed by atoms with E-state index in [4.69, 9.17) is 4.74 Å². The molecule has 28 heavy (non-hydrogen) atoms. The first kappa shape index (κ1) is 18.7. The lowest BCUT2D eigenvalue weighted by Crippen LogP contribution is -2.50. The molecule has 0 radical (unpaired) electrons. The van der Waals surface area contributed by atoms with Gasteiger partial charge in [0.2, 0.25) is 5.91 Å². The van der Waals surface area contributed by atoms with Crippen molar-refractivity contribution in [1.29, 1.82) is 0 Å². The molecule has 2 fully saturated rings. The normalized spacial score (nSPS) is 24.2. The Morgan fingerprint density at radius 1 is 1.29 bits per heavy atom. The summed E-state index contributed by atoms with van der Waals surface area (Å²) in [5, 5.41) is 10.9. The largest absolute Gasteiger partial charge is 0.457 e. The molecular formula is C21H25N3O4. The summed E-state index contributed by atoms with van der Waals surface area (Å²) in [5.74, 6) is -0.0481. The van der Waals surface area contributed by atoms with Crippen molar-refractivity contribution in [1.82, 2.24) is 14.5 Å². The predicted molar refractivity (Wildman–Crippen MR) is 101 cm³/mol. The molecule has 0 bridgehead atoms. The Morgan fingerprint density at radius 2 is 2.00 bits per heavy atom. The van der Waals surface area contributed by atoms with E-state index in [-0.39, 0.29) is 18.3 Å². The number of ether oxygens (including phenoxy) is 1. The van der Waals surface area contributed by atoms with Gasteiger partial charge < -0.3 is 19.3 Å².